The Labute approximate surface area is 129 Å². The van der Waals surface area contributed by atoms with Gasteiger partial charge in [0.1, 0.15) is 0 Å². The van der Waals surface area contributed by atoms with E-state index in [4.69, 9.17) is 8.23 Å². The SMILES string of the molecule is C[Si]O[Si](C)(C)CCC[Si]O[Si](C)(C)CCCBr. The van der Waals surface area contributed by atoms with E-state index in [0.29, 0.717) is 19.5 Å². The second kappa shape index (κ2) is 10.1. The number of alkyl halides is 1. The molecule has 0 unspecified atom stereocenters. The Morgan fingerprint density at radius 1 is 0.944 bits per heavy atom. The van der Waals surface area contributed by atoms with E-state index in [1.807, 2.05) is 0 Å². The van der Waals surface area contributed by atoms with Gasteiger partial charge in [-0.15, -0.1) is 0 Å². The summed E-state index contributed by atoms with van der Waals surface area (Å²) in [5.74, 6) is 0. The smallest absolute Gasteiger partial charge is 0.215 e. The molecule has 0 aromatic heterocycles. The van der Waals surface area contributed by atoms with E-state index in [1.165, 1.54) is 31.0 Å². The lowest BCUT2D eigenvalue weighted by molar-refractivity contribution is 0.571. The number of hydrogen-bond donors (Lipinski definition) is 0. The summed E-state index contributed by atoms with van der Waals surface area (Å²) in [5, 5.41) is 1.10. The fourth-order valence-corrected chi connectivity index (χ4v) is 10.2. The van der Waals surface area contributed by atoms with Crippen molar-refractivity contribution in [2.45, 2.75) is 63.7 Å². The van der Waals surface area contributed by atoms with Gasteiger partial charge < -0.3 is 8.23 Å². The van der Waals surface area contributed by atoms with Gasteiger partial charge in [-0.3, -0.25) is 0 Å². The fraction of sp³-hybridized carbons (Fsp3) is 1.00. The highest BCUT2D eigenvalue weighted by molar-refractivity contribution is 9.09. The van der Waals surface area contributed by atoms with Crippen molar-refractivity contribution < 1.29 is 8.23 Å². The van der Waals surface area contributed by atoms with Gasteiger partial charge in [-0.05, 0) is 57.3 Å². The van der Waals surface area contributed by atoms with Crippen LogP contribution in [-0.2, 0) is 8.23 Å². The van der Waals surface area contributed by atoms with Crippen molar-refractivity contribution in [1.29, 1.82) is 0 Å². The first-order valence-corrected chi connectivity index (χ1v) is 16.5. The minimum Gasteiger partial charge on any atom is -0.456 e. The molecule has 0 aromatic rings. The van der Waals surface area contributed by atoms with Crippen LogP contribution in [0.3, 0.4) is 0 Å². The summed E-state index contributed by atoms with van der Waals surface area (Å²) in [4.78, 5) is 0. The highest BCUT2D eigenvalue weighted by atomic mass is 79.9. The second-order valence-corrected chi connectivity index (χ2v) is 17.4. The largest absolute Gasteiger partial charge is 0.456 e. The van der Waals surface area contributed by atoms with Gasteiger partial charge >= 0.3 is 0 Å². The molecule has 4 radical (unpaired) electrons. The summed E-state index contributed by atoms with van der Waals surface area (Å²) >= 11 is 3.49. The molecule has 0 aromatic carbocycles. The highest BCUT2D eigenvalue weighted by Crippen LogP contribution is 2.17. The second-order valence-electron chi connectivity index (χ2n) is 5.72. The average molecular weight is 384 g/mol. The third kappa shape index (κ3) is 11.1. The van der Waals surface area contributed by atoms with Crippen LogP contribution in [-0.4, -0.2) is 41.5 Å². The lowest BCUT2D eigenvalue weighted by Gasteiger charge is -2.24. The van der Waals surface area contributed by atoms with E-state index in [9.17, 15) is 0 Å². The molecule has 0 aliphatic heterocycles. The third-order valence-corrected chi connectivity index (χ3v) is 12.7. The third-order valence-electron chi connectivity index (χ3n) is 2.70. The number of hydrogen-bond acceptors (Lipinski definition) is 2. The zero-order chi connectivity index (χ0) is 14.1. The molecule has 0 bridgehead atoms. The quantitative estimate of drug-likeness (QED) is 0.301. The van der Waals surface area contributed by atoms with Gasteiger partial charge in [0.15, 0.2) is 16.6 Å². The number of rotatable bonds is 11. The number of halogens is 1. The maximum Gasteiger partial charge on any atom is 0.215 e. The Hall–Kier alpha value is 1.27. The normalized spacial score (nSPS) is 13.0. The van der Waals surface area contributed by atoms with Gasteiger partial charge in [0, 0.05) is 5.33 Å². The van der Waals surface area contributed by atoms with Crippen LogP contribution in [0.1, 0.15) is 12.8 Å². The maximum atomic E-state index is 6.13. The first-order valence-electron chi connectivity index (χ1n) is 6.64. The van der Waals surface area contributed by atoms with E-state index in [0.717, 1.165) is 5.33 Å². The fourth-order valence-electron chi connectivity index (χ4n) is 1.70. The van der Waals surface area contributed by atoms with Gasteiger partial charge in [-0.1, -0.05) is 22.4 Å². The molecule has 0 fully saturated rings. The van der Waals surface area contributed by atoms with E-state index in [-0.39, 0.29) is 0 Å². The predicted octanol–water partition coefficient (Wildman–Crippen LogP) is 4.31. The Bertz CT molecular complexity index is 215. The van der Waals surface area contributed by atoms with Crippen molar-refractivity contribution in [3.8, 4) is 0 Å². The van der Waals surface area contributed by atoms with Crippen LogP contribution >= 0.6 is 15.9 Å². The predicted molar refractivity (Wildman–Crippen MR) is 92.0 cm³/mol. The van der Waals surface area contributed by atoms with Crippen LogP contribution in [0, 0.1) is 0 Å². The van der Waals surface area contributed by atoms with Crippen LogP contribution in [0.25, 0.3) is 0 Å². The average Bonchev–Trinajstić information content (AvgIpc) is 2.25. The van der Waals surface area contributed by atoms with E-state index >= 15 is 0 Å². The van der Waals surface area contributed by atoms with Crippen LogP contribution in [0.15, 0.2) is 0 Å². The first kappa shape index (κ1) is 19.3. The Morgan fingerprint density at radius 2 is 1.50 bits per heavy atom. The summed E-state index contributed by atoms with van der Waals surface area (Å²) in [7, 11) is -1.38. The monoisotopic (exact) mass is 382 g/mol. The van der Waals surface area contributed by atoms with E-state index in [1.54, 1.807) is 0 Å². The maximum absolute atomic E-state index is 6.13. The first-order chi connectivity index (χ1) is 8.33. The van der Waals surface area contributed by atoms with Gasteiger partial charge in [0.25, 0.3) is 0 Å². The molecular formula is C11H27BrO2Si4. The minimum absolute atomic E-state index is 0.647. The zero-order valence-corrected chi connectivity index (χ0v) is 18.0. The van der Waals surface area contributed by atoms with E-state index < -0.39 is 16.6 Å². The van der Waals surface area contributed by atoms with Crippen LogP contribution in [0.4, 0.5) is 0 Å². The van der Waals surface area contributed by atoms with Gasteiger partial charge in [0.2, 0.25) is 19.5 Å². The molecule has 0 amide bonds. The Morgan fingerprint density at radius 3 is 2.06 bits per heavy atom. The molecule has 0 saturated carbocycles. The lowest BCUT2D eigenvalue weighted by Crippen LogP contribution is -2.33. The standard InChI is InChI=1S/C11H27BrO2Si4/c1-15-13-17(2,3)11-7-9-16-14-18(4,5)10-6-8-12/h6-11H2,1-5H3. The molecule has 18 heavy (non-hydrogen) atoms. The van der Waals surface area contributed by atoms with Crippen molar-refractivity contribution in [2.24, 2.45) is 0 Å². The molecule has 0 aliphatic rings. The lowest BCUT2D eigenvalue weighted by atomic mass is 10.6. The summed E-state index contributed by atoms with van der Waals surface area (Å²) in [6.45, 7) is 11.4. The van der Waals surface area contributed by atoms with Crippen molar-refractivity contribution in [3.05, 3.63) is 0 Å². The molecule has 0 N–H and O–H groups in total. The molecule has 0 heterocycles. The molecule has 0 saturated heterocycles. The molecule has 0 rings (SSSR count). The van der Waals surface area contributed by atoms with Crippen LogP contribution < -0.4 is 0 Å². The topological polar surface area (TPSA) is 18.5 Å². The van der Waals surface area contributed by atoms with Crippen molar-refractivity contribution in [2.75, 3.05) is 5.33 Å². The van der Waals surface area contributed by atoms with Crippen LogP contribution in [0.5, 0.6) is 0 Å². The highest BCUT2D eigenvalue weighted by Gasteiger charge is 2.23. The molecule has 2 nitrogen and oxygen atoms in total. The van der Waals surface area contributed by atoms with Crippen molar-refractivity contribution in [3.63, 3.8) is 0 Å². The molecule has 0 atom stereocenters. The van der Waals surface area contributed by atoms with Gasteiger partial charge in [0.05, 0.1) is 0 Å². The summed E-state index contributed by atoms with van der Waals surface area (Å²) < 4.78 is 12.0. The Kier molecular flexibility index (Phi) is 10.8. The summed E-state index contributed by atoms with van der Waals surface area (Å²) in [5.41, 5.74) is 0. The summed E-state index contributed by atoms with van der Waals surface area (Å²) in [6.07, 6.45) is 2.51. The van der Waals surface area contributed by atoms with E-state index in [2.05, 4.69) is 48.7 Å². The van der Waals surface area contributed by atoms with Crippen molar-refractivity contribution in [1.82, 2.24) is 0 Å². The van der Waals surface area contributed by atoms with Crippen LogP contribution in [0.2, 0.25) is 50.9 Å². The summed E-state index contributed by atoms with van der Waals surface area (Å²) in [6, 6.07) is 3.76. The zero-order valence-electron chi connectivity index (χ0n) is 12.4. The minimum atomic E-state index is -1.37. The molecule has 0 spiro atoms. The molecule has 106 valence electrons. The van der Waals surface area contributed by atoms with Crippen molar-refractivity contribution >= 4 is 52.1 Å². The van der Waals surface area contributed by atoms with Gasteiger partial charge in [-0.25, -0.2) is 0 Å². The van der Waals surface area contributed by atoms with Gasteiger partial charge in [-0.2, -0.15) is 0 Å². The molecule has 7 heteroatoms. The molecular weight excluding hydrogens is 356 g/mol. The Balaban J connectivity index is 3.61. The molecule has 0 aliphatic carbocycles.